The predicted octanol–water partition coefficient (Wildman–Crippen LogP) is 2.64. The summed E-state index contributed by atoms with van der Waals surface area (Å²) >= 11 is 0. The Labute approximate surface area is 143 Å². The van der Waals surface area contributed by atoms with Gasteiger partial charge in [0.05, 0.1) is 6.54 Å². The van der Waals surface area contributed by atoms with Gasteiger partial charge in [0.25, 0.3) is 0 Å². The molecule has 4 fully saturated rings. The minimum absolute atomic E-state index is 0.00332. The number of hydrogen-bond acceptors (Lipinski definition) is 4. The van der Waals surface area contributed by atoms with Crippen molar-refractivity contribution in [2.24, 2.45) is 17.3 Å². The Morgan fingerprint density at radius 2 is 1.79 bits per heavy atom. The molecular formula is C18H29NO5. The van der Waals surface area contributed by atoms with Gasteiger partial charge in [-0.2, -0.15) is 0 Å². The molecule has 2 atom stereocenters. The Hall–Kier alpha value is -1.30. The van der Waals surface area contributed by atoms with Crippen LogP contribution in [0, 0.1) is 17.3 Å². The van der Waals surface area contributed by atoms with Crippen LogP contribution in [0.5, 0.6) is 0 Å². The molecular weight excluding hydrogens is 310 g/mol. The maximum Gasteiger partial charge on any atom is 0.410 e. The second-order valence-corrected chi connectivity index (χ2v) is 8.88. The zero-order chi connectivity index (χ0) is 17.8. The third-order valence-corrected chi connectivity index (χ3v) is 6.27. The van der Waals surface area contributed by atoms with E-state index in [0.29, 0.717) is 25.3 Å². The maximum atomic E-state index is 12.3. The monoisotopic (exact) mass is 339 g/mol. The van der Waals surface area contributed by atoms with Crippen LogP contribution in [0.3, 0.4) is 0 Å². The molecule has 2 N–H and O–H groups in total. The SMILES string of the molecule is CC(C)(C)OC(=O)N1CCC(O)(C2(C(=O)O)CC3CCC2CC3)C1. The number of aliphatic carboxylic acids is 1. The van der Waals surface area contributed by atoms with Crippen molar-refractivity contribution >= 4 is 12.1 Å². The Bertz CT molecular complexity index is 534. The zero-order valence-electron chi connectivity index (χ0n) is 14.9. The van der Waals surface area contributed by atoms with Crippen molar-refractivity contribution < 1.29 is 24.5 Å². The summed E-state index contributed by atoms with van der Waals surface area (Å²) in [5.41, 5.74) is -3.09. The third-order valence-electron chi connectivity index (χ3n) is 6.27. The zero-order valence-corrected chi connectivity index (χ0v) is 14.9. The van der Waals surface area contributed by atoms with Gasteiger partial charge in [-0.1, -0.05) is 12.8 Å². The maximum absolute atomic E-state index is 12.3. The molecule has 1 heterocycles. The second kappa shape index (κ2) is 5.61. The molecule has 6 nitrogen and oxygen atoms in total. The van der Waals surface area contributed by atoms with Crippen molar-refractivity contribution in [3.63, 3.8) is 0 Å². The first-order valence-electron chi connectivity index (χ1n) is 9.01. The lowest BCUT2D eigenvalue weighted by molar-refractivity contribution is -0.195. The van der Waals surface area contributed by atoms with Crippen molar-refractivity contribution in [1.29, 1.82) is 0 Å². The number of carboxylic acid groups (broad SMARTS) is 1. The molecule has 0 aromatic carbocycles. The van der Waals surface area contributed by atoms with Gasteiger partial charge in [-0.05, 0) is 58.3 Å². The fourth-order valence-corrected chi connectivity index (χ4v) is 5.15. The number of likely N-dealkylation sites (tertiary alicyclic amines) is 1. The van der Waals surface area contributed by atoms with E-state index in [-0.39, 0.29) is 12.5 Å². The molecule has 2 unspecified atom stereocenters. The summed E-state index contributed by atoms with van der Waals surface area (Å²) in [6, 6.07) is 0. The molecule has 2 bridgehead atoms. The number of nitrogens with zero attached hydrogens (tertiary/aromatic N) is 1. The molecule has 3 saturated carbocycles. The number of carboxylic acids is 1. The number of hydrogen-bond donors (Lipinski definition) is 2. The van der Waals surface area contributed by atoms with Gasteiger partial charge in [0.2, 0.25) is 0 Å². The van der Waals surface area contributed by atoms with E-state index in [1.165, 1.54) is 4.90 Å². The van der Waals surface area contributed by atoms with Crippen LogP contribution < -0.4 is 0 Å². The molecule has 136 valence electrons. The summed E-state index contributed by atoms with van der Waals surface area (Å²) in [4.78, 5) is 26.1. The van der Waals surface area contributed by atoms with Crippen molar-refractivity contribution in [3.05, 3.63) is 0 Å². The minimum Gasteiger partial charge on any atom is -0.481 e. The first kappa shape index (κ1) is 17.5. The molecule has 1 amide bonds. The van der Waals surface area contributed by atoms with Crippen molar-refractivity contribution in [2.45, 2.75) is 70.5 Å². The average molecular weight is 339 g/mol. The van der Waals surface area contributed by atoms with E-state index in [0.717, 1.165) is 25.7 Å². The van der Waals surface area contributed by atoms with Crippen LogP contribution in [0.1, 0.15) is 59.3 Å². The van der Waals surface area contributed by atoms with Crippen molar-refractivity contribution in [3.8, 4) is 0 Å². The molecule has 24 heavy (non-hydrogen) atoms. The van der Waals surface area contributed by atoms with Crippen LogP contribution in [0.25, 0.3) is 0 Å². The first-order valence-corrected chi connectivity index (χ1v) is 9.01. The molecule has 1 aliphatic heterocycles. The summed E-state index contributed by atoms with van der Waals surface area (Å²) < 4.78 is 5.39. The summed E-state index contributed by atoms with van der Waals surface area (Å²) in [5.74, 6) is -0.514. The molecule has 0 aromatic heterocycles. The molecule has 4 rings (SSSR count). The Kier molecular flexibility index (Phi) is 4.10. The molecule has 3 aliphatic carbocycles. The topological polar surface area (TPSA) is 87.1 Å². The van der Waals surface area contributed by atoms with E-state index in [2.05, 4.69) is 0 Å². The van der Waals surface area contributed by atoms with Gasteiger partial charge in [0.1, 0.15) is 16.6 Å². The van der Waals surface area contributed by atoms with Gasteiger partial charge in [0, 0.05) is 6.54 Å². The minimum atomic E-state index is -1.36. The highest BCUT2D eigenvalue weighted by atomic mass is 16.6. The van der Waals surface area contributed by atoms with E-state index in [4.69, 9.17) is 4.74 Å². The first-order chi connectivity index (χ1) is 11.1. The van der Waals surface area contributed by atoms with Crippen molar-refractivity contribution in [1.82, 2.24) is 4.90 Å². The fourth-order valence-electron chi connectivity index (χ4n) is 5.15. The standard InChI is InChI=1S/C18H29NO5/c1-16(2,3)24-15(22)19-9-8-17(23,11-19)18(14(20)21)10-12-4-6-13(18)7-5-12/h12-13,23H,4-11H2,1-3H3,(H,20,21). The van der Waals surface area contributed by atoms with Crippen LogP contribution in [0.15, 0.2) is 0 Å². The van der Waals surface area contributed by atoms with Crippen LogP contribution in [-0.4, -0.2) is 51.5 Å². The molecule has 0 aromatic rings. The largest absolute Gasteiger partial charge is 0.481 e. The van der Waals surface area contributed by atoms with Crippen molar-refractivity contribution in [2.75, 3.05) is 13.1 Å². The van der Waals surface area contributed by atoms with Gasteiger partial charge in [0.15, 0.2) is 0 Å². The number of carbonyl (C=O) groups is 2. The third kappa shape index (κ3) is 2.68. The summed E-state index contributed by atoms with van der Waals surface area (Å²) in [7, 11) is 0. The summed E-state index contributed by atoms with van der Waals surface area (Å²) in [6.45, 7) is 5.79. The average Bonchev–Trinajstić information content (AvgIpc) is 2.90. The summed E-state index contributed by atoms with van der Waals surface area (Å²) in [5, 5.41) is 21.4. The lowest BCUT2D eigenvalue weighted by atomic mass is 9.50. The van der Waals surface area contributed by atoms with E-state index in [1.54, 1.807) is 20.8 Å². The number of rotatable bonds is 2. The molecule has 6 heteroatoms. The van der Waals surface area contributed by atoms with Gasteiger partial charge in [-0.3, -0.25) is 4.79 Å². The predicted molar refractivity (Wildman–Crippen MR) is 87.5 cm³/mol. The fraction of sp³-hybridized carbons (Fsp3) is 0.889. The number of amides is 1. The van der Waals surface area contributed by atoms with Crippen LogP contribution in [0.4, 0.5) is 4.79 Å². The number of carbonyl (C=O) groups excluding carboxylic acids is 1. The quantitative estimate of drug-likeness (QED) is 0.807. The Morgan fingerprint density at radius 3 is 2.25 bits per heavy atom. The molecule has 4 aliphatic rings. The summed E-state index contributed by atoms with van der Waals surface area (Å²) in [6.07, 6.45) is 4.22. The van der Waals surface area contributed by atoms with Gasteiger partial charge in [-0.15, -0.1) is 0 Å². The molecule has 1 saturated heterocycles. The normalized spacial score (nSPS) is 39.1. The molecule has 0 radical (unpaired) electrons. The number of fused-ring (bicyclic) bond motifs is 3. The van der Waals surface area contributed by atoms with E-state index in [9.17, 15) is 19.8 Å². The Balaban J connectivity index is 1.82. The number of β-amino-alcohol motifs (C(OH)–C–C–N with tert-alkyl or cyclic N) is 1. The second-order valence-electron chi connectivity index (χ2n) is 8.88. The van der Waals surface area contributed by atoms with Gasteiger partial charge in [-0.25, -0.2) is 4.79 Å². The van der Waals surface area contributed by atoms with Crippen LogP contribution >= 0.6 is 0 Å². The van der Waals surface area contributed by atoms with E-state index < -0.39 is 28.7 Å². The smallest absolute Gasteiger partial charge is 0.410 e. The number of ether oxygens (including phenoxy) is 1. The highest BCUT2D eigenvalue weighted by molar-refractivity contribution is 5.78. The number of aliphatic hydroxyl groups is 1. The molecule has 0 spiro atoms. The lowest BCUT2D eigenvalue weighted by Crippen LogP contribution is -2.62. The highest BCUT2D eigenvalue weighted by Gasteiger charge is 2.65. The van der Waals surface area contributed by atoms with Gasteiger partial charge >= 0.3 is 12.1 Å². The Morgan fingerprint density at radius 1 is 1.17 bits per heavy atom. The van der Waals surface area contributed by atoms with Crippen LogP contribution in [-0.2, 0) is 9.53 Å². The van der Waals surface area contributed by atoms with E-state index >= 15 is 0 Å². The van der Waals surface area contributed by atoms with E-state index in [1.807, 2.05) is 0 Å². The van der Waals surface area contributed by atoms with Gasteiger partial charge < -0.3 is 19.8 Å². The van der Waals surface area contributed by atoms with Crippen LogP contribution in [0.2, 0.25) is 0 Å². The highest BCUT2D eigenvalue weighted by Crippen LogP contribution is 2.59. The lowest BCUT2D eigenvalue weighted by Gasteiger charge is -2.55.